The molecule has 6 nitrogen and oxygen atoms in total. The van der Waals surface area contributed by atoms with Crippen LogP contribution in [0.5, 0.6) is 0 Å². The predicted octanol–water partition coefficient (Wildman–Crippen LogP) is 3.45. The molecule has 1 aromatic heterocycles. The number of benzene rings is 1. The third-order valence-electron chi connectivity index (χ3n) is 4.56. The van der Waals surface area contributed by atoms with Gasteiger partial charge in [-0.2, -0.15) is 4.98 Å². The molecule has 2 heterocycles. The lowest BCUT2D eigenvalue weighted by molar-refractivity contribution is 0.0193. The van der Waals surface area contributed by atoms with E-state index in [0.29, 0.717) is 28.8 Å². The van der Waals surface area contributed by atoms with Crippen LogP contribution in [0.15, 0.2) is 33.7 Å². The minimum Gasteiger partial charge on any atom is -0.377 e. The normalized spacial score (nSPS) is 21.6. The van der Waals surface area contributed by atoms with Gasteiger partial charge in [0.15, 0.2) is 15.7 Å². The summed E-state index contributed by atoms with van der Waals surface area (Å²) in [7, 11) is -3.21. The van der Waals surface area contributed by atoms with Crippen molar-refractivity contribution in [3.05, 3.63) is 30.1 Å². The molecule has 2 aromatic rings. The van der Waals surface area contributed by atoms with E-state index in [1.807, 2.05) is 0 Å². The monoisotopic (exact) mass is 364 g/mol. The van der Waals surface area contributed by atoms with E-state index in [1.165, 1.54) is 0 Å². The molecule has 0 bridgehead atoms. The van der Waals surface area contributed by atoms with Crippen molar-refractivity contribution in [1.82, 2.24) is 10.1 Å². The van der Waals surface area contributed by atoms with Crippen molar-refractivity contribution in [3.8, 4) is 11.5 Å². The number of sulfone groups is 1. The largest absolute Gasteiger partial charge is 0.377 e. The smallest absolute Gasteiger partial charge is 0.257 e. The maximum absolute atomic E-state index is 11.9. The zero-order valence-corrected chi connectivity index (χ0v) is 15.8. The zero-order valence-electron chi connectivity index (χ0n) is 15.0. The molecule has 25 heavy (non-hydrogen) atoms. The van der Waals surface area contributed by atoms with Crippen molar-refractivity contribution in [2.24, 2.45) is 5.41 Å². The number of hydrogen-bond acceptors (Lipinski definition) is 6. The van der Waals surface area contributed by atoms with Crippen LogP contribution in [0.1, 0.15) is 45.9 Å². The molecule has 1 fully saturated rings. The number of hydrogen-bond donors (Lipinski definition) is 0. The Labute approximate surface area is 148 Å². The third kappa shape index (κ3) is 3.62. The van der Waals surface area contributed by atoms with Gasteiger partial charge in [-0.1, -0.05) is 32.9 Å². The van der Waals surface area contributed by atoms with Crippen LogP contribution in [0.2, 0.25) is 0 Å². The summed E-state index contributed by atoms with van der Waals surface area (Å²) in [6.07, 6.45) is 0.921. The SMILES string of the molecule is CCS(=O)(=O)c1ccc(-c2nc([C@H]3CCO[C@@H]3C(C)(C)C)no2)cc1. The van der Waals surface area contributed by atoms with Crippen molar-refractivity contribution < 1.29 is 17.7 Å². The molecule has 1 aliphatic rings. The van der Waals surface area contributed by atoms with E-state index in [4.69, 9.17) is 9.26 Å². The standard InChI is InChI=1S/C18H24N2O4S/c1-5-25(21,22)13-8-6-12(7-9-13)17-19-16(20-24-17)14-10-11-23-15(14)18(2,3)4/h6-9,14-15H,5,10-11H2,1-4H3/t14-,15-/m0/s1. The van der Waals surface area contributed by atoms with E-state index < -0.39 is 9.84 Å². The Hall–Kier alpha value is -1.73. The first-order chi connectivity index (χ1) is 11.7. The molecule has 0 spiro atoms. The molecule has 7 heteroatoms. The fraction of sp³-hybridized carbons (Fsp3) is 0.556. The molecule has 0 N–H and O–H groups in total. The van der Waals surface area contributed by atoms with Crippen LogP contribution < -0.4 is 0 Å². The van der Waals surface area contributed by atoms with Gasteiger partial charge in [0, 0.05) is 12.2 Å². The number of ether oxygens (including phenoxy) is 1. The minimum atomic E-state index is -3.21. The maximum Gasteiger partial charge on any atom is 0.257 e. The van der Waals surface area contributed by atoms with Gasteiger partial charge in [-0.05, 0) is 36.1 Å². The lowest BCUT2D eigenvalue weighted by atomic mass is 9.81. The summed E-state index contributed by atoms with van der Waals surface area (Å²) < 4.78 is 35.1. The van der Waals surface area contributed by atoms with Crippen LogP contribution in [0.25, 0.3) is 11.5 Å². The summed E-state index contributed by atoms with van der Waals surface area (Å²) in [5.74, 6) is 1.23. The second-order valence-corrected chi connectivity index (χ2v) is 9.72. The van der Waals surface area contributed by atoms with Crippen LogP contribution in [0.4, 0.5) is 0 Å². The highest BCUT2D eigenvalue weighted by Crippen LogP contribution is 2.40. The van der Waals surface area contributed by atoms with Gasteiger partial charge in [0.25, 0.3) is 5.89 Å². The molecule has 136 valence electrons. The molecule has 0 unspecified atom stereocenters. The Bertz CT molecular complexity index is 835. The van der Waals surface area contributed by atoms with Crippen molar-refractivity contribution in [2.45, 2.75) is 51.0 Å². The van der Waals surface area contributed by atoms with Gasteiger partial charge in [0.1, 0.15) is 0 Å². The van der Waals surface area contributed by atoms with Gasteiger partial charge >= 0.3 is 0 Å². The minimum absolute atomic E-state index is 0.00186. The highest BCUT2D eigenvalue weighted by molar-refractivity contribution is 7.91. The molecule has 0 radical (unpaired) electrons. The average Bonchev–Trinajstić information content (AvgIpc) is 3.23. The van der Waals surface area contributed by atoms with Crippen molar-refractivity contribution in [3.63, 3.8) is 0 Å². The lowest BCUT2D eigenvalue weighted by Crippen LogP contribution is -2.30. The Kier molecular flexibility index (Phi) is 4.72. The molecule has 1 aliphatic heterocycles. The second-order valence-electron chi connectivity index (χ2n) is 7.44. The molecule has 1 aromatic carbocycles. The van der Waals surface area contributed by atoms with E-state index in [2.05, 4.69) is 30.9 Å². The topological polar surface area (TPSA) is 82.3 Å². The van der Waals surface area contributed by atoms with Crippen molar-refractivity contribution in [2.75, 3.05) is 12.4 Å². The van der Waals surface area contributed by atoms with Gasteiger partial charge < -0.3 is 9.26 Å². The van der Waals surface area contributed by atoms with E-state index in [0.717, 1.165) is 6.42 Å². The van der Waals surface area contributed by atoms with E-state index >= 15 is 0 Å². The Morgan fingerprint density at radius 1 is 1.20 bits per heavy atom. The first-order valence-electron chi connectivity index (χ1n) is 8.51. The lowest BCUT2D eigenvalue weighted by Gasteiger charge is -2.29. The third-order valence-corrected chi connectivity index (χ3v) is 6.31. The summed E-state index contributed by atoms with van der Waals surface area (Å²) in [4.78, 5) is 4.83. The van der Waals surface area contributed by atoms with E-state index in [1.54, 1.807) is 31.2 Å². The average molecular weight is 364 g/mol. The first-order valence-corrected chi connectivity index (χ1v) is 10.2. The Morgan fingerprint density at radius 2 is 1.88 bits per heavy atom. The molecular weight excluding hydrogens is 340 g/mol. The summed E-state index contributed by atoms with van der Waals surface area (Å²) in [6, 6.07) is 6.56. The van der Waals surface area contributed by atoms with Gasteiger partial charge in [-0.25, -0.2) is 8.42 Å². The predicted molar refractivity (Wildman–Crippen MR) is 94.0 cm³/mol. The Morgan fingerprint density at radius 3 is 2.48 bits per heavy atom. The highest BCUT2D eigenvalue weighted by Gasteiger charge is 2.40. The van der Waals surface area contributed by atoms with Gasteiger partial charge in [-0.15, -0.1) is 0 Å². The van der Waals surface area contributed by atoms with Crippen LogP contribution in [-0.4, -0.2) is 37.0 Å². The molecular formula is C18H24N2O4S. The van der Waals surface area contributed by atoms with E-state index in [-0.39, 0.29) is 23.2 Å². The molecule has 0 saturated carbocycles. The summed E-state index contributed by atoms with van der Waals surface area (Å²) in [5.41, 5.74) is 0.706. The van der Waals surface area contributed by atoms with E-state index in [9.17, 15) is 8.42 Å². The van der Waals surface area contributed by atoms with Crippen molar-refractivity contribution >= 4 is 9.84 Å². The van der Waals surface area contributed by atoms with Crippen molar-refractivity contribution in [1.29, 1.82) is 0 Å². The second kappa shape index (κ2) is 6.53. The highest BCUT2D eigenvalue weighted by atomic mass is 32.2. The van der Waals surface area contributed by atoms with Crippen LogP contribution in [0, 0.1) is 5.41 Å². The van der Waals surface area contributed by atoms with Crippen LogP contribution in [-0.2, 0) is 14.6 Å². The van der Waals surface area contributed by atoms with Gasteiger partial charge in [0.05, 0.1) is 22.7 Å². The zero-order chi connectivity index (χ0) is 18.2. The van der Waals surface area contributed by atoms with Gasteiger partial charge in [-0.3, -0.25) is 0 Å². The Balaban J connectivity index is 1.84. The number of rotatable bonds is 4. The van der Waals surface area contributed by atoms with Crippen LogP contribution >= 0.6 is 0 Å². The fourth-order valence-corrected chi connectivity index (χ4v) is 4.07. The molecule has 2 atom stereocenters. The van der Waals surface area contributed by atoms with Gasteiger partial charge in [0.2, 0.25) is 0 Å². The summed E-state index contributed by atoms with van der Waals surface area (Å²) in [6.45, 7) is 8.75. The first kappa shape index (κ1) is 18.1. The number of nitrogens with zero attached hydrogens (tertiary/aromatic N) is 2. The maximum atomic E-state index is 11.9. The molecule has 1 saturated heterocycles. The molecule has 3 rings (SSSR count). The fourth-order valence-electron chi connectivity index (χ4n) is 3.18. The molecule has 0 amide bonds. The summed E-state index contributed by atoms with van der Waals surface area (Å²) >= 11 is 0. The van der Waals surface area contributed by atoms with Crippen LogP contribution in [0.3, 0.4) is 0 Å². The quantitative estimate of drug-likeness (QED) is 0.826. The summed E-state index contributed by atoms with van der Waals surface area (Å²) in [5, 5.41) is 4.14. The number of aromatic nitrogens is 2. The molecule has 0 aliphatic carbocycles.